The molecule has 2 atom stereocenters. The van der Waals surface area contributed by atoms with Gasteiger partial charge in [0.2, 0.25) is 11.8 Å². The Morgan fingerprint density at radius 1 is 1.26 bits per heavy atom. The molecule has 124 valence electrons. The quantitative estimate of drug-likeness (QED) is 0.839. The standard InChI is InChI=1S/C16H21N3O3S/c1-11(2)16-18-15(22-19-16)10-23(21)9-14(20)17-12(3)13-7-5-4-6-8-13/h4-8,11-12H,9-10H2,1-3H3,(H,17,20)/t12-,23-/m0/s1. The van der Waals surface area contributed by atoms with Crippen molar-refractivity contribution in [2.45, 2.75) is 38.5 Å². The van der Waals surface area contributed by atoms with E-state index in [2.05, 4.69) is 15.5 Å². The van der Waals surface area contributed by atoms with E-state index in [1.54, 1.807) is 0 Å². The van der Waals surface area contributed by atoms with E-state index in [0.29, 0.717) is 11.7 Å². The van der Waals surface area contributed by atoms with Crippen LogP contribution in [0, 0.1) is 0 Å². The van der Waals surface area contributed by atoms with Gasteiger partial charge < -0.3 is 9.84 Å². The molecule has 0 radical (unpaired) electrons. The maximum atomic E-state index is 12.0. The van der Waals surface area contributed by atoms with Crippen LogP contribution in [0.4, 0.5) is 0 Å². The fourth-order valence-electron chi connectivity index (χ4n) is 2.00. The molecule has 1 aromatic heterocycles. The second kappa shape index (κ2) is 8.01. The number of nitrogens with zero attached hydrogens (tertiary/aromatic N) is 2. The fraction of sp³-hybridized carbons (Fsp3) is 0.438. The molecule has 0 saturated heterocycles. The van der Waals surface area contributed by atoms with Gasteiger partial charge in [-0.2, -0.15) is 4.98 Å². The van der Waals surface area contributed by atoms with E-state index < -0.39 is 10.8 Å². The summed E-state index contributed by atoms with van der Waals surface area (Å²) in [5.41, 5.74) is 1.00. The van der Waals surface area contributed by atoms with Crippen LogP contribution in [-0.4, -0.2) is 26.0 Å². The first-order valence-electron chi connectivity index (χ1n) is 7.47. The van der Waals surface area contributed by atoms with Crippen molar-refractivity contribution in [3.05, 3.63) is 47.6 Å². The van der Waals surface area contributed by atoms with Gasteiger partial charge in [-0.25, -0.2) is 0 Å². The number of aromatic nitrogens is 2. The van der Waals surface area contributed by atoms with Crippen molar-refractivity contribution in [2.75, 3.05) is 5.75 Å². The number of benzene rings is 1. The smallest absolute Gasteiger partial charge is 0.239 e. The monoisotopic (exact) mass is 335 g/mol. The normalized spacial score (nSPS) is 13.7. The number of rotatable bonds is 7. The maximum absolute atomic E-state index is 12.0. The molecular formula is C16H21N3O3S. The number of carbonyl (C=O) groups excluding carboxylic acids is 1. The van der Waals surface area contributed by atoms with E-state index in [-0.39, 0.29) is 29.4 Å². The fourth-order valence-corrected chi connectivity index (χ4v) is 2.87. The first kappa shape index (κ1) is 17.3. The summed E-state index contributed by atoms with van der Waals surface area (Å²) in [6.45, 7) is 5.79. The number of carbonyl (C=O) groups is 1. The van der Waals surface area contributed by atoms with Gasteiger partial charge in [0.15, 0.2) is 5.82 Å². The summed E-state index contributed by atoms with van der Waals surface area (Å²) in [6, 6.07) is 9.50. The molecule has 0 saturated carbocycles. The summed E-state index contributed by atoms with van der Waals surface area (Å²) in [6.07, 6.45) is 0. The molecule has 0 aliphatic rings. The molecule has 0 spiro atoms. The van der Waals surface area contributed by atoms with E-state index in [4.69, 9.17) is 4.52 Å². The zero-order valence-electron chi connectivity index (χ0n) is 13.5. The summed E-state index contributed by atoms with van der Waals surface area (Å²) >= 11 is 0. The average Bonchev–Trinajstić information content (AvgIpc) is 2.96. The van der Waals surface area contributed by atoms with Gasteiger partial charge in [0.1, 0.15) is 11.5 Å². The minimum atomic E-state index is -1.38. The minimum absolute atomic E-state index is 0.0867. The van der Waals surface area contributed by atoms with Crippen molar-refractivity contribution in [1.29, 1.82) is 0 Å². The van der Waals surface area contributed by atoms with Crippen LogP contribution in [0.2, 0.25) is 0 Å². The van der Waals surface area contributed by atoms with Gasteiger partial charge in [-0.05, 0) is 12.5 Å². The molecule has 0 fully saturated rings. The molecule has 7 heteroatoms. The molecule has 23 heavy (non-hydrogen) atoms. The van der Waals surface area contributed by atoms with Crippen LogP contribution < -0.4 is 5.32 Å². The lowest BCUT2D eigenvalue weighted by Crippen LogP contribution is -2.31. The zero-order chi connectivity index (χ0) is 16.8. The summed E-state index contributed by atoms with van der Waals surface area (Å²) in [4.78, 5) is 16.1. The molecule has 1 heterocycles. The van der Waals surface area contributed by atoms with Crippen LogP contribution >= 0.6 is 0 Å². The Hall–Kier alpha value is -2.02. The third kappa shape index (κ3) is 5.28. The van der Waals surface area contributed by atoms with E-state index in [9.17, 15) is 9.00 Å². The van der Waals surface area contributed by atoms with Crippen LogP contribution in [0.1, 0.15) is 50.0 Å². The highest BCUT2D eigenvalue weighted by Crippen LogP contribution is 2.12. The topological polar surface area (TPSA) is 85.1 Å². The van der Waals surface area contributed by atoms with Gasteiger partial charge in [-0.3, -0.25) is 9.00 Å². The van der Waals surface area contributed by atoms with Crippen molar-refractivity contribution in [3.63, 3.8) is 0 Å². The number of amides is 1. The van der Waals surface area contributed by atoms with Crippen molar-refractivity contribution in [3.8, 4) is 0 Å². The SMILES string of the molecule is CC(C)c1noc(C[S@@](=O)CC(=O)N[C@@H](C)c2ccccc2)n1. The third-order valence-electron chi connectivity index (χ3n) is 3.25. The molecule has 1 N–H and O–H groups in total. The van der Waals surface area contributed by atoms with Gasteiger partial charge in [0.05, 0.1) is 6.04 Å². The second-order valence-corrected chi connectivity index (χ2v) is 7.09. The Labute approximate surface area is 138 Å². The number of hydrogen-bond acceptors (Lipinski definition) is 5. The Kier molecular flexibility index (Phi) is 6.04. The third-order valence-corrected chi connectivity index (χ3v) is 4.41. The van der Waals surface area contributed by atoms with Gasteiger partial charge in [0.25, 0.3) is 0 Å². The maximum Gasteiger partial charge on any atom is 0.239 e. The number of hydrogen-bond donors (Lipinski definition) is 1. The van der Waals surface area contributed by atoms with Crippen molar-refractivity contribution in [2.24, 2.45) is 0 Å². The first-order valence-corrected chi connectivity index (χ1v) is 8.96. The highest BCUT2D eigenvalue weighted by atomic mass is 32.2. The second-order valence-electron chi connectivity index (χ2n) is 5.63. The van der Waals surface area contributed by atoms with E-state index in [1.807, 2.05) is 51.1 Å². The highest BCUT2D eigenvalue weighted by molar-refractivity contribution is 7.84. The highest BCUT2D eigenvalue weighted by Gasteiger charge is 2.16. The lowest BCUT2D eigenvalue weighted by Gasteiger charge is -2.13. The minimum Gasteiger partial charge on any atom is -0.349 e. The molecule has 2 rings (SSSR count). The Bertz CT molecular complexity index is 670. The lowest BCUT2D eigenvalue weighted by molar-refractivity contribution is -0.119. The number of nitrogens with one attached hydrogen (secondary N) is 1. The first-order chi connectivity index (χ1) is 11.0. The van der Waals surface area contributed by atoms with Crippen molar-refractivity contribution < 1.29 is 13.5 Å². The van der Waals surface area contributed by atoms with E-state index in [0.717, 1.165) is 5.56 Å². The molecule has 0 aliphatic carbocycles. The largest absolute Gasteiger partial charge is 0.349 e. The molecule has 0 unspecified atom stereocenters. The predicted octanol–water partition coefficient (Wildman–Crippen LogP) is 2.32. The van der Waals surface area contributed by atoms with Gasteiger partial charge in [-0.1, -0.05) is 49.3 Å². The van der Waals surface area contributed by atoms with Crippen LogP contribution in [-0.2, 0) is 21.3 Å². The predicted molar refractivity (Wildman–Crippen MR) is 88.1 cm³/mol. The Morgan fingerprint density at radius 2 is 1.96 bits per heavy atom. The Balaban J connectivity index is 1.83. The molecule has 0 aliphatic heterocycles. The summed E-state index contributed by atoms with van der Waals surface area (Å²) in [5, 5.41) is 6.65. The zero-order valence-corrected chi connectivity index (χ0v) is 14.3. The van der Waals surface area contributed by atoms with Crippen LogP contribution in [0.15, 0.2) is 34.9 Å². The van der Waals surface area contributed by atoms with Gasteiger partial charge in [-0.15, -0.1) is 0 Å². The average molecular weight is 335 g/mol. The summed E-state index contributed by atoms with van der Waals surface area (Å²) < 4.78 is 17.1. The van der Waals surface area contributed by atoms with Gasteiger partial charge >= 0.3 is 0 Å². The molecule has 6 nitrogen and oxygen atoms in total. The molecule has 1 aromatic carbocycles. The van der Waals surface area contributed by atoms with Crippen molar-refractivity contribution >= 4 is 16.7 Å². The summed E-state index contributed by atoms with van der Waals surface area (Å²) in [5.74, 6) is 0.776. The van der Waals surface area contributed by atoms with Crippen LogP contribution in [0.25, 0.3) is 0 Å². The van der Waals surface area contributed by atoms with Crippen molar-refractivity contribution in [1.82, 2.24) is 15.5 Å². The van der Waals surface area contributed by atoms with E-state index >= 15 is 0 Å². The molecular weight excluding hydrogens is 314 g/mol. The van der Waals surface area contributed by atoms with E-state index in [1.165, 1.54) is 0 Å². The molecule has 2 aromatic rings. The molecule has 1 amide bonds. The summed E-state index contributed by atoms with van der Waals surface area (Å²) in [7, 11) is -1.38. The van der Waals surface area contributed by atoms with Crippen LogP contribution in [0.3, 0.4) is 0 Å². The lowest BCUT2D eigenvalue weighted by atomic mass is 10.1. The Morgan fingerprint density at radius 3 is 2.57 bits per heavy atom. The van der Waals surface area contributed by atoms with Crippen LogP contribution in [0.5, 0.6) is 0 Å². The molecule has 0 bridgehead atoms. The van der Waals surface area contributed by atoms with Gasteiger partial charge in [0, 0.05) is 16.7 Å².